The normalized spacial score (nSPS) is 24.2. The van der Waals surface area contributed by atoms with Crippen LogP contribution >= 0.6 is 18.0 Å². The van der Waals surface area contributed by atoms with E-state index in [9.17, 15) is 4.79 Å². The van der Waals surface area contributed by atoms with Crippen molar-refractivity contribution in [2.24, 2.45) is 0 Å². The van der Waals surface area contributed by atoms with Crippen LogP contribution in [0, 0.1) is 0 Å². The first-order valence-electron chi connectivity index (χ1n) is 9.87. The van der Waals surface area contributed by atoms with Gasteiger partial charge in [0.2, 0.25) is 0 Å². The Morgan fingerprint density at radius 3 is 1.93 bits per heavy atom. The number of hydrogen-bond donors (Lipinski definition) is 0. The maximum atomic E-state index is 12.6. The molecule has 3 aromatic carbocycles. The van der Waals surface area contributed by atoms with Crippen molar-refractivity contribution in [3.8, 4) is 11.1 Å². The van der Waals surface area contributed by atoms with E-state index in [4.69, 9.17) is 0 Å². The molecule has 0 atom stereocenters. The van der Waals surface area contributed by atoms with Crippen LogP contribution in [0.25, 0.3) is 11.1 Å². The molecule has 4 rings (SSSR count). The first kappa shape index (κ1) is 19.3. The second-order valence-electron chi connectivity index (χ2n) is 7.70. The molecule has 0 unspecified atom stereocenters. The average molecular weight is 482 g/mol. The van der Waals surface area contributed by atoms with Crippen molar-refractivity contribution in [2.75, 3.05) is 13.3 Å². The Bertz CT molecular complexity index is 962. The Labute approximate surface area is 171 Å². The van der Waals surface area contributed by atoms with Crippen LogP contribution in [-0.4, -0.2) is 23.6 Å². The van der Waals surface area contributed by atoms with Gasteiger partial charge in [0.15, 0.2) is 0 Å². The van der Waals surface area contributed by atoms with Crippen molar-refractivity contribution < 1.29 is 4.79 Å². The number of carbonyl (C=O) groups is 1. The molecule has 0 amide bonds. The molecule has 28 heavy (non-hydrogen) atoms. The fourth-order valence-corrected chi connectivity index (χ4v) is 11.3. The molecule has 1 nitrogen and oxygen atoms in total. The first-order chi connectivity index (χ1) is 13.6. The predicted molar refractivity (Wildman–Crippen MR) is 130 cm³/mol. The minimum atomic E-state index is -2.19. The van der Waals surface area contributed by atoms with Crippen molar-refractivity contribution >= 4 is 28.3 Å². The molecule has 0 radical (unpaired) electrons. The number of hydrogen-bond acceptors (Lipinski definition) is 1. The third-order valence-corrected chi connectivity index (χ3v) is 13.8. The van der Waals surface area contributed by atoms with Gasteiger partial charge in [0, 0.05) is 0 Å². The number of Topliss-reactive ketones (excluding diaryl/α,β-unsaturated/α-hetero) is 1. The fourth-order valence-electron chi connectivity index (χ4n) is 3.97. The third-order valence-electron chi connectivity index (χ3n) is 5.71. The van der Waals surface area contributed by atoms with Crippen LogP contribution in [-0.2, 0) is 0 Å². The number of alkyl halides is 3. The standard InChI is InChI=1S/C26H27IO/c1-27(20-26(28)25-10-6-3-7-11-25)18-16-24(17-19-27)23-14-12-22(13-15-23)21-8-4-2-5-9-21/h2-15,24H,1,16-20H2. The molecule has 0 spiro atoms. The summed E-state index contributed by atoms with van der Waals surface area (Å²) in [5.41, 5.74) is 4.84. The Balaban J connectivity index is 1.38. The summed E-state index contributed by atoms with van der Waals surface area (Å²) in [6.07, 6.45) is 2.37. The van der Waals surface area contributed by atoms with Crippen LogP contribution in [0.4, 0.5) is 0 Å². The van der Waals surface area contributed by atoms with Crippen molar-refractivity contribution in [2.45, 2.75) is 18.8 Å². The van der Waals surface area contributed by atoms with E-state index in [-0.39, 0.29) is 0 Å². The fraction of sp³-hybridized carbons (Fsp3) is 0.231. The monoisotopic (exact) mass is 482 g/mol. The third kappa shape index (κ3) is 4.49. The average Bonchev–Trinajstić information content (AvgIpc) is 2.75. The number of ketones is 1. The SMILES string of the molecule is C=I1(CC(=O)c2ccccc2)CCC(c2ccc(-c3ccccc3)cc2)CC1. The van der Waals surface area contributed by atoms with Crippen LogP contribution in [0.5, 0.6) is 0 Å². The van der Waals surface area contributed by atoms with E-state index in [1.807, 2.05) is 30.3 Å². The number of benzene rings is 3. The zero-order chi connectivity index (χ0) is 19.4. The Kier molecular flexibility index (Phi) is 5.86. The van der Waals surface area contributed by atoms with Crippen LogP contribution in [0.3, 0.4) is 0 Å². The molecule has 0 saturated carbocycles. The number of carbonyl (C=O) groups excluding carboxylic acids is 1. The number of halogens is 1. The van der Waals surface area contributed by atoms with E-state index in [0.29, 0.717) is 11.7 Å². The van der Waals surface area contributed by atoms with Crippen molar-refractivity contribution in [3.05, 3.63) is 96.1 Å². The first-order valence-corrected chi connectivity index (χ1v) is 16.0. The summed E-state index contributed by atoms with van der Waals surface area (Å²) in [5.74, 6) is 0.924. The van der Waals surface area contributed by atoms with Crippen LogP contribution in [0.15, 0.2) is 84.9 Å². The molecule has 2 heteroatoms. The van der Waals surface area contributed by atoms with Crippen molar-refractivity contribution in [1.82, 2.24) is 0 Å². The summed E-state index contributed by atoms with van der Waals surface area (Å²) in [6.45, 7) is 0. The Morgan fingerprint density at radius 2 is 1.32 bits per heavy atom. The van der Waals surface area contributed by atoms with Gasteiger partial charge in [0.25, 0.3) is 0 Å². The summed E-state index contributed by atoms with van der Waals surface area (Å²) in [7, 11) is 0. The molecule has 0 aromatic heterocycles. The molecule has 1 heterocycles. The molecule has 0 aliphatic carbocycles. The number of rotatable bonds is 5. The maximum absolute atomic E-state index is 12.6. The van der Waals surface area contributed by atoms with Gasteiger partial charge >= 0.3 is 172 Å². The molecule has 1 aliphatic rings. The van der Waals surface area contributed by atoms with E-state index in [0.717, 1.165) is 9.99 Å². The summed E-state index contributed by atoms with van der Waals surface area (Å²) < 4.78 is 7.75. The zero-order valence-corrected chi connectivity index (χ0v) is 18.3. The van der Waals surface area contributed by atoms with Gasteiger partial charge in [-0.05, 0) is 0 Å². The molecule has 0 N–H and O–H groups in total. The summed E-state index contributed by atoms with van der Waals surface area (Å²) in [5, 5.41) is 0. The van der Waals surface area contributed by atoms with Gasteiger partial charge in [-0.3, -0.25) is 0 Å². The van der Waals surface area contributed by atoms with Gasteiger partial charge in [-0.2, -0.15) is 0 Å². The van der Waals surface area contributed by atoms with Crippen LogP contribution in [0.2, 0.25) is 0 Å². The van der Waals surface area contributed by atoms with Crippen LogP contribution < -0.4 is 0 Å². The van der Waals surface area contributed by atoms with Gasteiger partial charge in [-0.15, -0.1) is 0 Å². The molecule has 1 aliphatic heterocycles. The minimum absolute atomic E-state index is 0.303. The quantitative estimate of drug-likeness (QED) is 0.228. The van der Waals surface area contributed by atoms with E-state index in [1.54, 1.807) is 0 Å². The van der Waals surface area contributed by atoms with Gasteiger partial charge in [-0.1, -0.05) is 0 Å². The second kappa shape index (κ2) is 8.52. The molecular weight excluding hydrogens is 455 g/mol. The molecule has 3 aromatic rings. The predicted octanol–water partition coefficient (Wildman–Crippen LogP) is 6.59. The second-order valence-corrected chi connectivity index (χ2v) is 17.1. The summed E-state index contributed by atoms with van der Waals surface area (Å²) in [4.78, 5) is 12.6. The van der Waals surface area contributed by atoms with Crippen molar-refractivity contribution in [1.29, 1.82) is 0 Å². The zero-order valence-electron chi connectivity index (χ0n) is 16.2. The van der Waals surface area contributed by atoms with Crippen LogP contribution in [0.1, 0.15) is 34.7 Å². The van der Waals surface area contributed by atoms with E-state index < -0.39 is 18.0 Å². The Morgan fingerprint density at radius 1 is 0.786 bits per heavy atom. The molecule has 1 saturated heterocycles. The topological polar surface area (TPSA) is 17.1 Å². The van der Waals surface area contributed by atoms with Gasteiger partial charge in [0.05, 0.1) is 0 Å². The molecule has 1 fully saturated rings. The summed E-state index contributed by atoms with van der Waals surface area (Å²) >= 11 is -2.19. The molecule has 0 bridgehead atoms. The molecule has 144 valence electrons. The van der Waals surface area contributed by atoms with Gasteiger partial charge in [0.1, 0.15) is 0 Å². The van der Waals surface area contributed by atoms with Gasteiger partial charge < -0.3 is 0 Å². The Hall–Kier alpha value is -2.07. The van der Waals surface area contributed by atoms with E-state index in [2.05, 4.69) is 59.1 Å². The van der Waals surface area contributed by atoms with Gasteiger partial charge in [-0.25, -0.2) is 0 Å². The summed E-state index contributed by atoms with van der Waals surface area (Å²) in [6, 6.07) is 29.4. The van der Waals surface area contributed by atoms with E-state index >= 15 is 0 Å². The van der Waals surface area contributed by atoms with E-state index in [1.165, 1.54) is 38.4 Å². The molecular formula is C26H27IO. The van der Waals surface area contributed by atoms with Crippen molar-refractivity contribution in [3.63, 3.8) is 0 Å².